The van der Waals surface area contributed by atoms with Gasteiger partial charge in [-0.1, -0.05) is 29.8 Å². The molecule has 0 spiro atoms. The van der Waals surface area contributed by atoms with Crippen LogP contribution in [0.2, 0.25) is 5.02 Å². The summed E-state index contributed by atoms with van der Waals surface area (Å²) >= 11 is 11.5. The van der Waals surface area contributed by atoms with Gasteiger partial charge in [0, 0.05) is 11.1 Å². The van der Waals surface area contributed by atoms with Crippen LogP contribution in [-0.4, -0.2) is 16.1 Å². The lowest BCUT2D eigenvalue weighted by molar-refractivity contribution is 0.0977. The van der Waals surface area contributed by atoms with E-state index >= 15 is 0 Å². The molecule has 5 nitrogen and oxygen atoms in total. The van der Waals surface area contributed by atoms with E-state index in [1.807, 2.05) is 19.1 Å². The first kappa shape index (κ1) is 19.1. The third-order valence-electron chi connectivity index (χ3n) is 3.93. The number of furan rings is 1. The van der Waals surface area contributed by atoms with E-state index in [0.717, 1.165) is 11.1 Å². The Morgan fingerprint density at radius 3 is 2.67 bits per heavy atom. The lowest BCUT2D eigenvalue weighted by atomic mass is 10.1. The zero-order chi connectivity index (χ0) is 19.4. The molecule has 0 aliphatic carbocycles. The average molecular weight is 401 g/mol. The number of benzene rings is 2. The van der Waals surface area contributed by atoms with Crippen LogP contribution in [0.3, 0.4) is 0 Å². The molecule has 0 bridgehead atoms. The Bertz CT molecular complexity index is 1000. The fraction of sp³-hybridized carbons (Fsp3) is 0.100. The Morgan fingerprint density at radius 2 is 1.96 bits per heavy atom. The maximum atomic E-state index is 12.4. The summed E-state index contributed by atoms with van der Waals surface area (Å²) in [5.41, 5.74) is 2.70. The summed E-state index contributed by atoms with van der Waals surface area (Å²) in [5.74, 6) is 0.764. The zero-order valence-corrected chi connectivity index (χ0v) is 16.0. The Kier molecular flexibility index (Phi) is 5.91. The second-order valence-corrected chi connectivity index (χ2v) is 6.66. The summed E-state index contributed by atoms with van der Waals surface area (Å²) < 4.78 is 5.53. The van der Waals surface area contributed by atoms with Gasteiger partial charge in [0.25, 0.3) is 5.91 Å². The zero-order valence-electron chi connectivity index (χ0n) is 14.5. The van der Waals surface area contributed by atoms with Gasteiger partial charge in [-0.2, -0.15) is 0 Å². The minimum atomic E-state index is -0.295. The third kappa shape index (κ3) is 4.54. The highest BCUT2D eigenvalue weighted by Crippen LogP contribution is 2.30. The number of rotatable bonds is 4. The van der Waals surface area contributed by atoms with Crippen molar-refractivity contribution in [3.63, 3.8) is 0 Å². The Balaban J connectivity index is 1.74. The normalized spacial score (nSPS) is 10.5. The van der Waals surface area contributed by atoms with E-state index in [9.17, 15) is 4.79 Å². The van der Waals surface area contributed by atoms with Crippen molar-refractivity contribution < 1.29 is 14.3 Å². The molecule has 0 saturated heterocycles. The van der Waals surface area contributed by atoms with Gasteiger partial charge in [0.15, 0.2) is 5.11 Å². The number of carbonyl (C=O) groups is 1. The van der Waals surface area contributed by atoms with Crippen LogP contribution >= 0.6 is 23.8 Å². The van der Waals surface area contributed by atoms with E-state index in [4.69, 9.17) is 33.3 Å². The highest BCUT2D eigenvalue weighted by atomic mass is 35.5. The molecule has 1 heterocycles. The monoisotopic (exact) mass is 400 g/mol. The number of carbonyl (C=O) groups excluding carboxylic acids is 1. The van der Waals surface area contributed by atoms with Gasteiger partial charge in [0.1, 0.15) is 18.1 Å². The number of nitrogens with one attached hydrogen (secondary N) is 2. The van der Waals surface area contributed by atoms with Crippen LogP contribution in [0.4, 0.5) is 5.69 Å². The maximum Gasteiger partial charge on any atom is 0.257 e. The van der Waals surface area contributed by atoms with Crippen molar-refractivity contribution in [2.24, 2.45) is 0 Å². The van der Waals surface area contributed by atoms with Crippen molar-refractivity contribution in [2.75, 3.05) is 5.32 Å². The Labute approximate surface area is 167 Å². The van der Waals surface area contributed by atoms with Gasteiger partial charge >= 0.3 is 0 Å². The number of amides is 1. The van der Waals surface area contributed by atoms with Crippen molar-refractivity contribution in [3.05, 3.63) is 76.5 Å². The molecular formula is C20H17ClN2O3S. The van der Waals surface area contributed by atoms with Crippen molar-refractivity contribution in [3.8, 4) is 11.3 Å². The highest BCUT2D eigenvalue weighted by molar-refractivity contribution is 7.80. The number of anilines is 1. The van der Waals surface area contributed by atoms with Gasteiger partial charge in [-0.3, -0.25) is 10.1 Å². The van der Waals surface area contributed by atoms with E-state index in [-0.39, 0.29) is 17.6 Å². The molecule has 3 N–H and O–H groups in total. The number of hydrogen-bond donors (Lipinski definition) is 3. The molecule has 1 aromatic heterocycles. The third-order valence-corrected chi connectivity index (χ3v) is 4.47. The molecule has 0 aliphatic heterocycles. The molecular weight excluding hydrogens is 384 g/mol. The number of hydrogen-bond acceptors (Lipinski definition) is 4. The van der Waals surface area contributed by atoms with Crippen LogP contribution in [0.15, 0.2) is 59.0 Å². The molecule has 0 unspecified atom stereocenters. The SMILES string of the molecule is Cc1ccccc1C(=O)NC(=S)Nc1cc(-c2ccc(CO)o2)ccc1Cl. The van der Waals surface area contributed by atoms with E-state index in [1.54, 1.807) is 42.5 Å². The van der Waals surface area contributed by atoms with E-state index in [0.29, 0.717) is 27.8 Å². The number of aliphatic hydroxyl groups is 1. The summed E-state index contributed by atoms with van der Waals surface area (Å²) in [7, 11) is 0. The Hall–Kier alpha value is -2.67. The minimum absolute atomic E-state index is 0.137. The summed E-state index contributed by atoms with van der Waals surface area (Å²) in [4.78, 5) is 12.4. The summed E-state index contributed by atoms with van der Waals surface area (Å²) in [6, 6.07) is 16.0. The second kappa shape index (κ2) is 8.35. The van der Waals surface area contributed by atoms with Gasteiger partial charge in [-0.15, -0.1) is 0 Å². The molecule has 2 aromatic carbocycles. The van der Waals surface area contributed by atoms with Crippen molar-refractivity contribution in [1.29, 1.82) is 0 Å². The van der Waals surface area contributed by atoms with Crippen LogP contribution in [0.1, 0.15) is 21.7 Å². The van der Waals surface area contributed by atoms with E-state index in [1.165, 1.54) is 0 Å². The second-order valence-electron chi connectivity index (χ2n) is 5.84. The lowest BCUT2D eigenvalue weighted by Gasteiger charge is -2.12. The van der Waals surface area contributed by atoms with Gasteiger partial charge in [-0.25, -0.2) is 0 Å². The van der Waals surface area contributed by atoms with Gasteiger partial charge in [0.2, 0.25) is 0 Å². The molecule has 0 radical (unpaired) electrons. The van der Waals surface area contributed by atoms with Crippen molar-refractivity contribution >= 4 is 40.5 Å². The van der Waals surface area contributed by atoms with Crippen LogP contribution in [0.5, 0.6) is 0 Å². The molecule has 27 heavy (non-hydrogen) atoms. The molecule has 1 amide bonds. The smallest absolute Gasteiger partial charge is 0.257 e. The highest BCUT2D eigenvalue weighted by Gasteiger charge is 2.12. The van der Waals surface area contributed by atoms with Crippen molar-refractivity contribution in [2.45, 2.75) is 13.5 Å². The van der Waals surface area contributed by atoms with Crippen LogP contribution in [0, 0.1) is 6.92 Å². The molecule has 3 aromatic rings. The molecule has 0 fully saturated rings. The fourth-order valence-corrected chi connectivity index (χ4v) is 2.91. The van der Waals surface area contributed by atoms with Gasteiger partial charge < -0.3 is 14.8 Å². The first-order valence-corrected chi connectivity index (χ1v) is 8.94. The summed E-state index contributed by atoms with van der Waals surface area (Å²) in [5, 5.41) is 15.3. The lowest BCUT2D eigenvalue weighted by Crippen LogP contribution is -2.34. The Morgan fingerprint density at radius 1 is 1.19 bits per heavy atom. The fourth-order valence-electron chi connectivity index (χ4n) is 2.54. The predicted octanol–water partition coefficient (Wildman–Crippen LogP) is 4.53. The molecule has 0 atom stereocenters. The van der Waals surface area contributed by atoms with Crippen molar-refractivity contribution in [1.82, 2.24) is 5.32 Å². The molecule has 138 valence electrons. The summed E-state index contributed by atoms with van der Waals surface area (Å²) in [6.45, 7) is 1.68. The first-order valence-electron chi connectivity index (χ1n) is 8.15. The maximum absolute atomic E-state index is 12.4. The average Bonchev–Trinajstić information content (AvgIpc) is 3.13. The number of halogens is 1. The summed E-state index contributed by atoms with van der Waals surface area (Å²) in [6.07, 6.45) is 0. The minimum Gasteiger partial charge on any atom is -0.459 e. The van der Waals surface area contributed by atoms with Gasteiger partial charge in [0.05, 0.1) is 10.7 Å². The first-order chi connectivity index (χ1) is 13.0. The predicted molar refractivity (Wildman–Crippen MR) is 110 cm³/mol. The molecule has 7 heteroatoms. The molecule has 0 aliphatic rings. The van der Waals surface area contributed by atoms with Crippen LogP contribution in [-0.2, 0) is 6.61 Å². The molecule has 3 rings (SSSR count). The van der Waals surface area contributed by atoms with Gasteiger partial charge in [-0.05, 0) is 61.1 Å². The molecule has 0 saturated carbocycles. The number of aryl methyl sites for hydroxylation is 1. The van der Waals surface area contributed by atoms with E-state index < -0.39 is 0 Å². The number of thiocarbonyl (C=S) groups is 1. The van der Waals surface area contributed by atoms with E-state index in [2.05, 4.69) is 10.6 Å². The quantitative estimate of drug-likeness (QED) is 0.561. The van der Waals surface area contributed by atoms with Crippen LogP contribution < -0.4 is 10.6 Å². The van der Waals surface area contributed by atoms with Crippen LogP contribution in [0.25, 0.3) is 11.3 Å². The number of aliphatic hydroxyl groups excluding tert-OH is 1. The standard InChI is InChI=1S/C20H17ClN2O3S/c1-12-4-2-3-5-15(12)19(25)23-20(27)22-17-10-13(6-8-16(17)21)18-9-7-14(11-24)26-18/h2-10,24H,11H2,1H3,(H2,22,23,25,27). The largest absolute Gasteiger partial charge is 0.459 e. The topological polar surface area (TPSA) is 74.5 Å².